The monoisotopic (exact) mass is 344 g/mol. The van der Waals surface area contributed by atoms with E-state index in [-0.39, 0.29) is 6.61 Å². The zero-order valence-electron chi connectivity index (χ0n) is 17.0. The van der Waals surface area contributed by atoms with Gasteiger partial charge in [0.05, 0.1) is 17.8 Å². The minimum atomic E-state index is -0.518. The summed E-state index contributed by atoms with van der Waals surface area (Å²) in [6.45, 7) is 16.8. The molecule has 2 rings (SSSR count). The van der Waals surface area contributed by atoms with Gasteiger partial charge in [-0.25, -0.2) is 0 Å². The fraction of sp³-hybridized carbons (Fsp3) is 0.619. The van der Waals surface area contributed by atoms with Crippen molar-refractivity contribution in [3.05, 3.63) is 40.4 Å². The summed E-state index contributed by atoms with van der Waals surface area (Å²) in [4.78, 5) is 0. The lowest BCUT2D eigenvalue weighted by atomic mass is 9.76. The molecule has 1 aromatic rings. The molecule has 1 aromatic carbocycles. The topological polar surface area (TPSA) is 38.7 Å². The summed E-state index contributed by atoms with van der Waals surface area (Å²) in [6, 6.07) is 6.46. The van der Waals surface area contributed by atoms with Gasteiger partial charge in [0.1, 0.15) is 0 Å². The molecular weight excluding hydrogens is 311 g/mol. The lowest BCUT2D eigenvalue weighted by molar-refractivity contribution is 0.00578. The normalized spacial score (nSPS) is 20.0. The first-order valence-electron chi connectivity index (χ1n) is 9.30. The summed E-state index contributed by atoms with van der Waals surface area (Å²) >= 11 is 0. The van der Waals surface area contributed by atoms with Gasteiger partial charge < -0.3 is 14.4 Å². The highest BCUT2D eigenvalue weighted by Crippen LogP contribution is 2.39. The van der Waals surface area contributed by atoms with Gasteiger partial charge in [-0.2, -0.15) is 0 Å². The first-order chi connectivity index (χ1) is 11.5. The van der Waals surface area contributed by atoms with Gasteiger partial charge in [0.25, 0.3) is 0 Å². The van der Waals surface area contributed by atoms with Gasteiger partial charge in [0, 0.05) is 0 Å². The second-order valence-electron chi connectivity index (χ2n) is 8.63. The first kappa shape index (κ1) is 20.2. The lowest BCUT2D eigenvalue weighted by Gasteiger charge is -2.32. The molecule has 0 atom stereocenters. The van der Waals surface area contributed by atoms with Crippen LogP contribution in [0.1, 0.15) is 83.9 Å². The number of hydrogen-bond donors (Lipinski definition) is 1. The Morgan fingerprint density at radius 2 is 1.44 bits per heavy atom. The molecular formula is C21H33BO3. The van der Waals surface area contributed by atoms with Gasteiger partial charge in [0.2, 0.25) is 0 Å². The largest absolute Gasteiger partial charge is 0.492 e. The Morgan fingerprint density at radius 1 is 1.00 bits per heavy atom. The summed E-state index contributed by atoms with van der Waals surface area (Å²) in [7, 11) is -0.518. The van der Waals surface area contributed by atoms with Crippen LogP contribution in [-0.2, 0) is 9.31 Å². The molecule has 25 heavy (non-hydrogen) atoms. The smallest absolute Gasteiger partial charge is 0.400 e. The Bertz CT molecular complexity index is 602. The van der Waals surface area contributed by atoms with E-state index in [1.807, 2.05) is 27.7 Å². The van der Waals surface area contributed by atoms with E-state index < -0.39 is 18.3 Å². The van der Waals surface area contributed by atoms with Crippen LogP contribution < -0.4 is 0 Å². The third kappa shape index (κ3) is 4.02. The lowest BCUT2D eigenvalue weighted by Crippen LogP contribution is -2.41. The Labute approximate surface area is 153 Å². The highest BCUT2D eigenvalue weighted by atomic mass is 16.7. The maximum atomic E-state index is 10.0. The number of aliphatic hydroxyl groups is 1. The number of benzene rings is 1. The maximum Gasteiger partial charge on any atom is 0.492 e. The SMILES string of the molecule is CC(C)c1cccc(C(C)C)c1C=C(CO)B1OC(C)(C)C(C)(C)O1. The molecule has 1 N–H and O–H groups in total. The van der Waals surface area contributed by atoms with E-state index in [9.17, 15) is 5.11 Å². The van der Waals surface area contributed by atoms with E-state index in [2.05, 4.69) is 52.0 Å². The van der Waals surface area contributed by atoms with Crippen molar-refractivity contribution in [2.75, 3.05) is 6.61 Å². The van der Waals surface area contributed by atoms with Crippen LogP contribution in [0.25, 0.3) is 6.08 Å². The van der Waals surface area contributed by atoms with Crippen LogP contribution in [-0.4, -0.2) is 30.0 Å². The van der Waals surface area contributed by atoms with E-state index in [0.29, 0.717) is 11.8 Å². The minimum absolute atomic E-state index is 0.0825. The van der Waals surface area contributed by atoms with Crippen molar-refractivity contribution >= 4 is 13.2 Å². The summed E-state index contributed by atoms with van der Waals surface area (Å²) in [5.74, 6) is 0.811. The van der Waals surface area contributed by atoms with E-state index in [0.717, 1.165) is 5.47 Å². The van der Waals surface area contributed by atoms with E-state index in [4.69, 9.17) is 9.31 Å². The molecule has 1 heterocycles. The van der Waals surface area contributed by atoms with E-state index in [1.54, 1.807) is 0 Å². The Kier molecular flexibility index (Phi) is 5.87. The molecule has 0 spiro atoms. The average molecular weight is 344 g/mol. The molecule has 1 saturated heterocycles. The van der Waals surface area contributed by atoms with Crippen molar-refractivity contribution in [1.29, 1.82) is 0 Å². The van der Waals surface area contributed by atoms with Crippen LogP contribution in [0.3, 0.4) is 0 Å². The van der Waals surface area contributed by atoms with E-state index in [1.165, 1.54) is 16.7 Å². The Balaban J connectivity index is 2.51. The second kappa shape index (κ2) is 7.26. The molecule has 0 bridgehead atoms. The zero-order chi connectivity index (χ0) is 19.0. The average Bonchev–Trinajstić information content (AvgIpc) is 2.72. The van der Waals surface area contributed by atoms with Gasteiger partial charge in [-0.05, 0) is 61.7 Å². The molecule has 4 heteroatoms. The van der Waals surface area contributed by atoms with Crippen molar-refractivity contribution in [2.45, 2.75) is 78.4 Å². The van der Waals surface area contributed by atoms with Crippen LogP contribution in [0.5, 0.6) is 0 Å². The molecule has 1 aliphatic heterocycles. The standard InChI is InChI=1S/C21H33BO3/c1-14(2)17-10-9-11-18(15(3)4)19(17)12-16(13-23)22-24-20(5,6)21(7,8)25-22/h9-12,14-15,23H,13H2,1-8H3. The van der Waals surface area contributed by atoms with Crippen LogP contribution in [0.2, 0.25) is 0 Å². The van der Waals surface area contributed by atoms with Crippen LogP contribution in [0.4, 0.5) is 0 Å². The molecule has 1 aliphatic rings. The molecule has 0 unspecified atom stereocenters. The van der Waals surface area contributed by atoms with Crippen LogP contribution in [0.15, 0.2) is 23.7 Å². The zero-order valence-corrected chi connectivity index (χ0v) is 17.0. The summed E-state index contributed by atoms with van der Waals surface area (Å²) in [5.41, 5.74) is 3.71. The van der Waals surface area contributed by atoms with Crippen molar-refractivity contribution in [2.24, 2.45) is 0 Å². The quantitative estimate of drug-likeness (QED) is 0.769. The van der Waals surface area contributed by atoms with Crippen molar-refractivity contribution in [3.8, 4) is 0 Å². The highest BCUT2D eigenvalue weighted by Gasteiger charge is 2.52. The Morgan fingerprint density at radius 3 is 1.80 bits per heavy atom. The molecule has 3 nitrogen and oxygen atoms in total. The van der Waals surface area contributed by atoms with Crippen LogP contribution >= 0.6 is 0 Å². The minimum Gasteiger partial charge on any atom is -0.400 e. The summed E-state index contributed by atoms with van der Waals surface area (Å²) in [6.07, 6.45) is 2.08. The number of hydrogen-bond acceptors (Lipinski definition) is 3. The van der Waals surface area contributed by atoms with Crippen molar-refractivity contribution in [3.63, 3.8) is 0 Å². The molecule has 0 radical (unpaired) electrons. The predicted octanol–water partition coefficient (Wildman–Crippen LogP) is 4.94. The Hall–Kier alpha value is -1.10. The van der Waals surface area contributed by atoms with Gasteiger partial charge in [0.15, 0.2) is 0 Å². The molecule has 0 amide bonds. The van der Waals surface area contributed by atoms with Gasteiger partial charge in [-0.15, -0.1) is 0 Å². The summed E-state index contributed by atoms with van der Waals surface area (Å²) in [5, 5.41) is 10.0. The van der Waals surface area contributed by atoms with Gasteiger partial charge in [-0.1, -0.05) is 52.0 Å². The third-order valence-electron chi connectivity index (χ3n) is 5.49. The maximum absolute atomic E-state index is 10.0. The second-order valence-corrected chi connectivity index (χ2v) is 8.63. The molecule has 0 aromatic heterocycles. The van der Waals surface area contributed by atoms with Crippen molar-refractivity contribution in [1.82, 2.24) is 0 Å². The molecule has 0 saturated carbocycles. The first-order valence-corrected chi connectivity index (χ1v) is 9.30. The van der Waals surface area contributed by atoms with Gasteiger partial charge >= 0.3 is 7.12 Å². The molecule has 138 valence electrons. The van der Waals surface area contributed by atoms with Gasteiger partial charge in [-0.3, -0.25) is 0 Å². The fourth-order valence-corrected chi connectivity index (χ4v) is 3.14. The molecule has 1 fully saturated rings. The molecule has 0 aliphatic carbocycles. The number of aliphatic hydroxyl groups excluding tert-OH is 1. The fourth-order valence-electron chi connectivity index (χ4n) is 3.14. The van der Waals surface area contributed by atoms with Crippen molar-refractivity contribution < 1.29 is 14.4 Å². The highest BCUT2D eigenvalue weighted by molar-refractivity contribution is 6.55. The summed E-state index contributed by atoms with van der Waals surface area (Å²) < 4.78 is 12.3. The van der Waals surface area contributed by atoms with E-state index >= 15 is 0 Å². The van der Waals surface area contributed by atoms with Crippen LogP contribution in [0, 0.1) is 0 Å². The predicted molar refractivity (Wildman–Crippen MR) is 106 cm³/mol. The number of rotatable bonds is 5. The third-order valence-corrected chi connectivity index (χ3v) is 5.49.